The summed E-state index contributed by atoms with van der Waals surface area (Å²) in [5.74, 6) is 0. The molecule has 6 nitrogen and oxygen atoms in total. The van der Waals surface area contributed by atoms with Crippen molar-refractivity contribution in [2.75, 3.05) is 0 Å². The van der Waals surface area contributed by atoms with E-state index in [2.05, 4.69) is 55.1 Å². The van der Waals surface area contributed by atoms with Gasteiger partial charge in [-0.1, -0.05) is 0 Å². The first-order chi connectivity index (χ1) is 5.20. The van der Waals surface area contributed by atoms with E-state index < -0.39 is 15.7 Å². The Labute approximate surface area is 105 Å². The van der Waals surface area contributed by atoms with Crippen LogP contribution >= 0.6 is 0 Å². The molecule has 0 aliphatic heterocycles. The molecule has 0 bridgehead atoms. The van der Waals surface area contributed by atoms with Crippen molar-refractivity contribution in [2.45, 2.75) is 0 Å². The first-order valence-electron chi connectivity index (χ1n) is 2.09. The van der Waals surface area contributed by atoms with Gasteiger partial charge >= 0.3 is 19.8 Å². The van der Waals surface area contributed by atoms with E-state index in [1.54, 1.807) is 0 Å². The van der Waals surface area contributed by atoms with Gasteiger partial charge in [-0.2, -0.15) is 0 Å². The van der Waals surface area contributed by atoms with E-state index in [0.717, 1.165) is 0 Å². The third-order valence-corrected chi connectivity index (χ3v) is 0. The molecule has 0 saturated heterocycles. The van der Waals surface area contributed by atoms with Crippen LogP contribution in [0.2, 0.25) is 0 Å². The van der Waals surface area contributed by atoms with Gasteiger partial charge in [-0.3, -0.25) is 0 Å². The summed E-state index contributed by atoms with van der Waals surface area (Å²) < 4.78 is 0. The van der Waals surface area contributed by atoms with Gasteiger partial charge in [0.25, 0.3) is 0 Å². The van der Waals surface area contributed by atoms with Crippen molar-refractivity contribution in [1.29, 1.82) is 0 Å². The molecule has 72 valence electrons. The van der Waals surface area contributed by atoms with E-state index in [1.807, 2.05) is 0 Å². The Morgan fingerprint density at radius 1 is 0.692 bits per heavy atom. The predicted molar refractivity (Wildman–Crippen MR) is 56.6 cm³/mol. The molecule has 0 heterocycles. The van der Waals surface area contributed by atoms with Gasteiger partial charge in [0.1, 0.15) is 0 Å². The summed E-state index contributed by atoms with van der Waals surface area (Å²) in [5.41, 5.74) is 12.9. The number of hydrogen-bond acceptors (Lipinski definition) is 6. The predicted octanol–water partition coefficient (Wildman–Crippen LogP) is -1.54. The number of primary amides is 3. The van der Waals surface area contributed by atoms with Crippen LogP contribution in [0.4, 0.5) is 14.4 Å². The van der Waals surface area contributed by atoms with Crippen LogP contribution in [-0.2, 0) is 37.9 Å². The Kier molecular flexibility index (Phi) is 31.3. The van der Waals surface area contributed by atoms with Crippen LogP contribution in [0.25, 0.3) is 0 Å². The van der Waals surface area contributed by atoms with E-state index in [0.29, 0.717) is 0 Å². The zero-order valence-electron chi connectivity index (χ0n) is 6.26. The summed E-state index contributed by atoms with van der Waals surface area (Å²) in [7, 11) is 0. The maximum absolute atomic E-state index is 9.04. The number of hydrogen-bond donors (Lipinski definition) is 3. The number of carbonyl (C=O) groups excluding carboxylic acids is 3. The fourth-order valence-corrected chi connectivity index (χ4v) is 0. The van der Waals surface area contributed by atoms with Gasteiger partial charge in [-0.05, 0) is 0 Å². The van der Waals surface area contributed by atoms with E-state index in [4.69, 9.17) is 14.4 Å². The minimum atomic E-state index is -0.750. The van der Waals surface area contributed by atoms with Gasteiger partial charge < -0.3 is 69.5 Å². The third-order valence-electron chi connectivity index (χ3n) is 0. The molecular formula is C3H6GaN3O3S3. The normalized spacial score (nSPS) is 5.54. The molecule has 0 unspecified atom stereocenters. The SMILES string of the molecule is NC(=O)[S-].NC(=O)[S-].NC(=O)[S-].[Ga+3]. The number of rotatable bonds is 0. The standard InChI is InChI=1S/3CH3NOS.Ga/c3*2-1(3)4;/h3*(H3,2,3,4);/q;;;+3/p-3. The molecule has 3 amide bonds. The third kappa shape index (κ3) is 12800. The smallest absolute Gasteiger partial charge is 0.719 e. The average molecular weight is 298 g/mol. The maximum Gasteiger partial charge on any atom is 3.00 e. The molecule has 6 N–H and O–H groups in total. The monoisotopic (exact) mass is 297 g/mol. The molecular weight excluding hydrogens is 292 g/mol. The van der Waals surface area contributed by atoms with Crippen LogP contribution in [0, 0.1) is 0 Å². The van der Waals surface area contributed by atoms with Crippen molar-refractivity contribution in [3.63, 3.8) is 0 Å². The minimum Gasteiger partial charge on any atom is -0.719 e. The quantitative estimate of drug-likeness (QED) is 0.367. The van der Waals surface area contributed by atoms with Crippen molar-refractivity contribution in [1.82, 2.24) is 0 Å². The zero-order chi connectivity index (χ0) is 10.7. The summed E-state index contributed by atoms with van der Waals surface area (Å²) in [6.07, 6.45) is 0. The fourth-order valence-electron chi connectivity index (χ4n) is 0. The fraction of sp³-hybridized carbons (Fsp3) is 0. The average Bonchev–Trinajstić information content (AvgIpc) is 1.54. The molecule has 13 heavy (non-hydrogen) atoms. The molecule has 0 aliphatic carbocycles. The van der Waals surface area contributed by atoms with Crippen LogP contribution < -0.4 is 17.2 Å². The minimum absolute atomic E-state index is 0. The van der Waals surface area contributed by atoms with Crippen LogP contribution in [-0.4, -0.2) is 35.5 Å². The van der Waals surface area contributed by atoms with Crippen molar-refractivity contribution < 1.29 is 14.4 Å². The second-order valence-corrected chi connectivity index (χ2v) is 2.16. The second-order valence-electron chi connectivity index (χ2n) is 0.957. The van der Waals surface area contributed by atoms with Crippen LogP contribution in [0.15, 0.2) is 0 Å². The second kappa shape index (κ2) is 17.7. The number of carbonyl (C=O) groups is 3. The van der Waals surface area contributed by atoms with Gasteiger partial charge in [0.05, 0.1) is 15.7 Å². The molecule has 0 aliphatic rings. The molecule has 0 atom stereocenters. The van der Waals surface area contributed by atoms with Gasteiger partial charge in [0.15, 0.2) is 0 Å². The van der Waals surface area contributed by atoms with Gasteiger partial charge in [0, 0.05) is 0 Å². The van der Waals surface area contributed by atoms with Crippen LogP contribution in [0.1, 0.15) is 0 Å². The topological polar surface area (TPSA) is 129 Å². The summed E-state index contributed by atoms with van der Waals surface area (Å²) in [6, 6.07) is 0. The Morgan fingerprint density at radius 3 is 0.692 bits per heavy atom. The van der Waals surface area contributed by atoms with Crippen molar-refractivity contribution in [2.24, 2.45) is 17.2 Å². The zero-order valence-corrected chi connectivity index (χ0v) is 11.1. The Balaban J connectivity index is -0.0000000450. The van der Waals surface area contributed by atoms with E-state index in [-0.39, 0.29) is 19.8 Å². The van der Waals surface area contributed by atoms with Crippen LogP contribution in [0.3, 0.4) is 0 Å². The van der Waals surface area contributed by atoms with Gasteiger partial charge in [-0.25, -0.2) is 0 Å². The largest absolute Gasteiger partial charge is 3.00 e. The molecule has 0 fully saturated rings. The summed E-state index contributed by atoms with van der Waals surface area (Å²) >= 11 is 11.3. The van der Waals surface area contributed by atoms with Crippen molar-refractivity contribution >= 4 is 73.4 Å². The van der Waals surface area contributed by atoms with Gasteiger partial charge in [0.2, 0.25) is 0 Å². The molecule has 10 heteroatoms. The Morgan fingerprint density at radius 2 is 0.692 bits per heavy atom. The first kappa shape index (κ1) is 23.0. The molecule has 0 aromatic carbocycles. The van der Waals surface area contributed by atoms with Gasteiger partial charge in [-0.15, -0.1) is 0 Å². The molecule has 0 aromatic heterocycles. The summed E-state index contributed by atoms with van der Waals surface area (Å²) in [6.45, 7) is 0. The summed E-state index contributed by atoms with van der Waals surface area (Å²) in [4.78, 5) is 27.1. The number of amides is 3. The Bertz CT molecular complexity index is 127. The molecule has 0 spiro atoms. The Hall–Kier alpha value is -0.294. The van der Waals surface area contributed by atoms with E-state index >= 15 is 0 Å². The van der Waals surface area contributed by atoms with Crippen LogP contribution in [0.5, 0.6) is 0 Å². The molecule has 0 aromatic rings. The van der Waals surface area contributed by atoms with E-state index in [9.17, 15) is 0 Å². The van der Waals surface area contributed by atoms with Crippen molar-refractivity contribution in [3.05, 3.63) is 0 Å². The molecule has 0 saturated carbocycles. The van der Waals surface area contributed by atoms with Crippen molar-refractivity contribution in [3.8, 4) is 0 Å². The maximum atomic E-state index is 9.04. The van der Waals surface area contributed by atoms with E-state index in [1.165, 1.54) is 0 Å². The first-order valence-corrected chi connectivity index (χ1v) is 3.32. The summed E-state index contributed by atoms with van der Waals surface area (Å²) in [5, 5.41) is -2.25. The molecule has 0 radical (unpaired) electrons. The number of nitrogens with two attached hydrogens (primary N) is 3. The molecule has 0 rings (SSSR count).